The third-order valence-electron chi connectivity index (χ3n) is 6.80. The van der Waals surface area contributed by atoms with Crippen molar-refractivity contribution in [3.05, 3.63) is 99.4 Å². The number of halogens is 2. The van der Waals surface area contributed by atoms with Gasteiger partial charge in [-0.15, -0.1) is 23.4 Å². The van der Waals surface area contributed by atoms with E-state index in [9.17, 15) is 19.3 Å². The van der Waals surface area contributed by atoms with E-state index in [1.165, 1.54) is 30.8 Å². The highest BCUT2D eigenvalue weighted by Crippen LogP contribution is 2.58. The van der Waals surface area contributed by atoms with Crippen LogP contribution in [0, 0.1) is 21.8 Å². The number of nitro groups is 1. The Kier molecular flexibility index (Phi) is 6.08. The van der Waals surface area contributed by atoms with E-state index in [1.807, 2.05) is 18.2 Å². The molecule has 1 aliphatic heterocycles. The van der Waals surface area contributed by atoms with E-state index in [0.717, 1.165) is 11.3 Å². The summed E-state index contributed by atoms with van der Waals surface area (Å²) in [6, 6.07) is 18.6. The maximum absolute atomic E-state index is 14.9. The van der Waals surface area contributed by atoms with Crippen molar-refractivity contribution in [2.24, 2.45) is 5.92 Å². The molecule has 5 nitrogen and oxygen atoms in total. The lowest BCUT2D eigenvalue weighted by atomic mass is 9.76. The maximum atomic E-state index is 14.9. The van der Waals surface area contributed by atoms with Gasteiger partial charge in [-0.2, -0.15) is 0 Å². The van der Waals surface area contributed by atoms with Crippen LogP contribution in [0.3, 0.4) is 0 Å². The number of nitrogens with one attached hydrogen (secondary N) is 1. The van der Waals surface area contributed by atoms with Crippen LogP contribution in [-0.2, 0) is 0 Å². The van der Waals surface area contributed by atoms with Gasteiger partial charge in [-0.3, -0.25) is 14.9 Å². The number of ketones is 1. The van der Waals surface area contributed by atoms with Gasteiger partial charge in [0.1, 0.15) is 5.82 Å². The molecule has 1 heterocycles. The number of thioether (sulfide) groups is 1. The van der Waals surface area contributed by atoms with Gasteiger partial charge >= 0.3 is 0 Å². The molecule has 0 unspecified atom stereocenters. The van der Waals surface area contributed by atoms with Crippen LogP contribution in [-0.4, -0.2) is 21.3 Å². The van der Waals surface area contributed by atoms with Crippen molar-refractivity contribution in [3.8, 4) is 0 Å². The van der Waals surface area contributed by atoms with Crippen LogP contribution in [0.25, 0.3) is 0 Å². The second-order valence-corrected chi connectivity index (χ2v) is 10.5. The zero-order chi connectivity index (χ0) is 24.0. The van der Waals surface area contributed by atoms with Crippen LogP contribution in [0.5, 0.6) is 0 Å². The summed E-state index contributed by atoms with van der Waals surface area (Å²) in [5, 5.41) is 14.6. The van der Waals surface area contributed by atoms with Gasteiger partial charge in [-0.05, 0) is 55.2 Å². The Morgan fingerprint density at radius 1 is 1.12 bits per heavy atom. The number of anilines is 1. The molecular weight excluding hydrogens is 475 g/mol. The fourth-order valence-corrected chi connectivity index (χ4v) is 7.19. The Hall–Kier alpha value is -2.90. The predicted molar refractivity (Wildman–Crippen MR) is 132 cm³/mol. The normalized spacial score (nSPS) is 25.2. The van der Waals surface area contributed by atoms with Crippen molar-refractivity contribution < 1.29 is 14.1 Å². The van der Waals surface area contributed by atoms with E-state index in [4.69, 9.17) is 11.6 Å². The number of carbonyl (C=O) groups is 1. The minimum absolute atomic E-state index is 0.0365. The summed E-state index contributed by atoms with van der Waals surface area (Å²) in [4.78, 5) is 23.8. The molecule has 0 radical (unpaired) electrons. The van der Waals surface area contributed by atoms with Crippen LogP contribution in [0.2, 0.25) is 0 Å². The third kappa shape index (κ3) is 3.97. The largest absolute Gasteiger partial charge is 0.378 e. The van der Waals surface area contributed by atoms with Gasteiger partial charge in [0.25, 0.3) is 5.69 Å². The van der Waals surface area contributed by atoms with Gasteiger partial charge in [0.15, 0.2) is 5.78 Å². The highest BCUT2D eigenvalue weighted by atomic mass is 35.5. The monoisotopic (exact) mass is 496 g/mol. The van der Waals surface area contributed by atoms with E-state index in [1.54, 1.807) is 36.4 Å². The number of nitro benzene ring substituents is 1. The number of para-hydroxylation sites is 1. The molecule has 0 saturated heterocycles. The quantitative estimate of drug-likeness (QED) is 0.178. The van der Waals surface area contributed by atoms with Gasteiger partial charge in [-0.1, -0.05) is 30.3 Å². The van der Waals surface area contributed by atoms with Crippen LogP contribution < -0.4 is 5.32 Å². The number of carbonyl (C=O) groups excluding carboxylic acids is 1. The number of hydrogen-bond acceptors (Lipinski definition) is 5. The third-order valence-corrected chi connectivity index (χ3v) is 8.91. The second-order valence-electron chi connectivity index (χ2n) is 8.75. The SMILES string of the molecule is CC(=O)c1ccc2c(c1)[C@@H]1[C@@H](Cl)[C@@H](Sc3ccccc3[N+](=O)[O-])C[C@@H]1[C@H](c1ccccc1F)N2. The molecule has 2 aliphatic rings. The Labute approximate surface area is 205 Å². The molecule has 1 N–H and O–H groups in total. The Morgan fingerprint density at radius 3 is 2.59 bits per heavy atom. The summed E-state index contributed by atoms with van der Waals surface area (Å²) in [5.74, 6) is -0.509. The van der Waals surface area contributed by atoms with Crippen LogP contribution in [0.4, 0.5) is 15.8 Å². The average molecular weight is 497 g/mol. The average Bonchev–Trinajstić information content (AvgIpc) is 3.15. The minimum atomic E-state index is -0.383. The first-order chi connectivity index (χ1) is 16.3. The number of Topliss-reactive ketones (excluding diaryl/α,β-unsaturated/α-hetero) is 1. The number of fused-ring (bicyclic) bond motifs is 3. The molecule has 0 spiro atoms. The van der Waals surface area contributed by atoms with Gasteiger partial charge in [0.2, 0.25) is 0 Å². The van der Waals surface area contributed by atoms with E-state index < -0.39 is 0 Å². The van der Waals surface area contributed by atoms with Crippen molar-refractivity contribution >= 4 is 40.5 Å². The van der Waals surface area contributed by atoms with E-state index in [-0.39, 0.29) is 50.7 Å². The van der Waals surface area contributed by atoms with Crippen LogP contribution in [0.15, 0.2) is 71.6 Å². The lowest BCUT2D eigenvalue weighted by Gasteiger charge is -2.38. The number of hydrogen-bond donors (Lipinski definition) is 1. The van der Waals surface area contributed by atoms with Crippen LogP contribution in [0.1, 0.15) is 46.8 Å². The lowest BCUT2D eigenvalue weighted by molar-refractivity contribution is -0.387. The van der Waals surface area contributed by atoms with Crippen molar-refractivity contribution in [2.75, 3.05) is 5.32 Å². The Bertz CT molecular complexity index is 1290. The first kappa shape index (κ1) is 22.9. The number of benzene rings is 3. The molecule has 3 aromatic carbocycles. The number of nitrogens with zero attached hydrogens (tertiary/aromatic N) is 1. The standard InChI is InChI=1S/C26H22ClFN2O3S/c1-14(31)15-10-11-20-17(12-15)24-18(26(29-20)16-6-2-3-7-19(16)28)13-23(25(24)27)34-22-9-5-4-8-21(22)30(32)33/h2-12,18,23-26,29H,13H2,1H3/t18-,23-,24-,25-,26-/m0/s1. The van der Waals surface area contributed by atoms with E-state index >= 15 is 0 Å². The minimum Gasteiger partial charge on any atom is -0.378 e. The number of alkyl halides is 1. The molecule has 0 aromatic heterocycles. The molecule has 8 heteroatoms. The molecule has 34 heavy (non-hydrogen) atoms. The predicted octanol–water partition coefficient (Wildman–Crippen LogP) is 6.98. The van der Waals surface area contributed by atoms with Gasteiger partial charge in [0, 0.05) is 34.0 Å². The first-order valence-electron chi connectivity index (χ1n) is 11.0. The molecule has 5 rings (SSSR count). The van der Waals surface area contributed by atoms with Crippen molar-refractivity contribution in [3.63, 3.8) is 0 Å². The molecule has 1 saturated carbocycles. The topological polar surface area (TPSA) is 72.2 Å². The first-order valence-corrected chi connectivity index (χ1v) is 12.4. The Balaban J connectivity index is 1.57. The fraction of sp³-hybridized carbons (Fsp3) is 0.269. The van der Waals surface area contributed by atoms with E-state index in [2.05, 4.69) is 5.32 Å². The molecule has 5 atom stereocenters. The summed E-state index contributed by atoms with van der Waals surface area (Å²) in [6.45, 7) is 1.53. The summed E-state index contributed by atoms with van der Waals surface area (Å²) in [6.07, 6.45) is 0.644. The maximum Gasteiger partial charge on any atom is 0.282 e. The van der Waals surface area contributed by atoms with E-state index in [0.29, 0.717) is 22.4 Å². The highest BCUT2D eigenvalue weighted by molar-refractivity contribution is 8.00. The molecule has 3 aromatic rings. The fourth-order valence-electron chi connectivity index (χ4n) is 5.24. The summed E-state index contributed by atoms with van der Waals surface area (Å²) >= 11 is 8.49. The summed E-state index contributed by atoms with van der Waals surface area (Å²) < 4.78 is 14.9. The molecule has 0 amide bonds. The van der Waals surface area contributed by atoms with Gasteiger partial charge in [0.05, 0.1) is 21.2 Å². The molecule has 0 bridgehead atoms. The summed E-state index contributed by atoms with van der Waals surface area (Å²) in [7, 11) is 0. The Morgan fingerprint density at radius 2 is 1.85 bits per heavy atom. The molecule has 1 aliphatic carbocycles. The smallest absolute Gasteiger partial charge is 0.282 e. The molecule has 1 fully saturated rings. The van der Waals surface area contributed by atoms with Crippen molar-refractivity contribution in [1.29, 1.82) is 0 Å². The van der Waals surface area contributed by atoms with Gasteiger partial charge in [-0.25, -0.2) is 4.39 Å². The van der Waals surface area contributed by atoms with Crippen molar-refractivity contribution in [1.82, 2.24) is 0 Å². The highest BCUT2D eigenvalue weighted by Gasteiger charge is 2.50. The zero-order valence-electron chi connectivity index (χ0n) is 18.3. The molecule has 174 valence electrons. The number of rotatable bonds is 5. The lowest BCUT2D eigenvalue weighted by Crippen LogP contribution is -2.31. The zero-order valence-corrected chi connectivity index (χ0v) is 19.9. The summed E-state index contributed by atoms with van der Waals surface area (Å²) in [5.41, 5.74) is 2.99. The van der Waals surface area contributed by atoms with Crippen LogP contribution >= 0.6 is 23.4 Å². The molecular formula is C26H22ClFN2O3S. The second kappa shape index (κ2) is 9.04. The van der Waals surface area contributed by atoms with Crippen molar-refractivity contribution in [2.45, 2.75) is 40.8 Å². The van der Waals surface area contributed by atoms with Gasteiger partial charge < -0.3 is 5.32 Å².